The quantitative estimate of drug-likeness (QED) is 0.698. The van der Waals surface area contributed by atoms with Crippen LogP contribution < -0.4 is 10.0 Å². The minimum Gasteiger partial charge on any atom is -0.338 e. The Morgan fingerprint density at radius 3 is 2.69 bits per heavy atom. The Bertz CT molecular complexity index is 428. The van der Waals surface area contributed by atoms with Crippen molar-refractivity contribution in [3.63, 3.8) is 0 Å². The molecule has 0 aliphatic heterocycles. The Hall–Kier alpha value is -0.990. The molecule has 0 aliphatic carbocycles. The number of hydrogen-bond donors (Lipinski definition) is 2. The van der Waals surface area contributed by atoms with E-state index in [4.69, 9.17) is 4.52 Å². The summed E-state index contributed by atoms with van der Waals surface area (Å²) in [6, 6.07) is 0. The van der Waals surface area contributed by atoms with E-state index in [2.05, 4.69) is 20.2 Å². The number of nitrogens with zero attached hydrogens (tertiary/aromatic N) is 2. The summed E-state index contributed by atoms with van der Waals surface area (Å²) < 4.78 is 30.5. The summed E-state index contributed by atoms with van der Waals surface area (Å²) in [6.07, 6.45) is 0. The molecule has 0 radical (unpaired) electrons. The van der Waals surface area contributed by atoms with Crippen LogP contribution in [0.15, 0.2) is 4.52 Å². The highest BCUT2D eigenvalue weighted by Crippen LogP contribution is 2.00. The average molecular weight is 248 g/mol. The van der Waals surface area contributed by atoms with Crippen LogP contribution in [0.2, 0.25) is 0 Å². The smallest absolute Gasteiger partial charge is 0.241 e. The van der Waals surface area contributed by atoms with Gasteiger partial charge < -0.3 is 9.84 Å². The van der Waals surface area contributed by atoms with Gasteiger partial charge in [-0.2, -0.15) is 4.98 Å². The van der Waals surface area contributed by atoms with Crippen LogP contribution in [0.25, 0.3) is 0 Å². The standard InChI is InChI=1S/C8H16N4O3S/c1-6(4-9-3)16(13,14)10-5-8-11-7(2)12-15-8/h6,9-10H,4-5H2,1-3H3. The van der Waals surface area contributed by atoms with Gasteiger partial charge in [-0.3, -0.25) is 0 Å². The molecule has 0 aromatic carbocycles. The van der Waals surface area contributed by atoms with Crippen molar-refractivity contribution in [2.24, 2.45) is 0 Å². The second-order valence-electron chi connectivity index (χ2n) is 3.47. The van der Waals surface area contributed by atoms with E-state index in [1.54, 1.807) is 20.9 Å². The maximum absolute atomic E-state index is 11.7. The van der Waals surface area contributed by atoms with E-state index in [0.29, 0.717) is 12.4 Å². The minimum absolute atomic E-state index is 0.0250. The molecule has 0 fully saturated rings. The Morgan fingerprint density at radius 2 is 2.19 bits per heavy atom. The van der Waals surface area contributed by atoms with Crippen molar-refractivity contribution < 1.29 is 12.9 Å². The van der Waals surface area contributed by atoms with Crippen molar-refractivity contribution >= 4 is 10.0 Å². The fourth-order valence-corrected chi connectivity index (χ4v) is 2.11. The zero-order chi connectivity index (χ0) is 12.2. The third-order valence-electron chi connectivity index (χ3n) is 2.02. The van der Waals surface area contributed by atoms with Crippen molar-refractivity contribution in [1.82, 2.24) is 20.2 Å². The lowest BCUT2D eigenvalue weighted by Gasteiger charge is -2.11. The summed E-state index contributed by atoms with van der Waals surface area (Å²) in [6.45, 7) is 3.71. The Balaban J connectivity index is 2.54. The highest BCUT2D eigenvalue weighted by atomic mass is 32.2. The van der Waals surface area contributed by atoms with E-state index in [9.17, 15) is 8.42 Å². The Kier molecular flexibility index (Phi) is 4.39. The summed E-state index contributed by atoms with van der Waals surface area (Å²) in [4.78, 5) is 3.90. The molecule has 16 heavy (non-hydrogen) atoms. The van der Waals surface area contributed by atoms with Gasteiger partial charge in [0, 0.05) is 6.54 Å². The zero-order valence-electron chi connectivity index (χ0n) is 9.52. The summed E-state index contributed by atoms with van der Waals surface area (Å²) in [5, 5.41) is 5.86. The third kappa shape index (κ3) is 3.54. The normalized spacial score (nSPS) is 13.9. The maximum Gasteiger partial charge on any atom is 0.241 e. The van der Waals surface area contributed by atoms with Crippen molar-refractivity contribution in [3.8, 4) is 0 Å². The third-order valence-corrected chi connectivity index (χ3v) is 3.79. The second-order valence-corrected chi connectivity index (χ2v) is 5.65. The molecule has 0 spiro atoms. The van der Waals surface area contributed by atoms with E-state index in [1.165, 1.54) is 0 Å². The molecule has 0 bridgehead atoms. The van der Waals surface area contributed by atoms with E-state index >= 15 is 0 Å². The molecule has 1 aromatic heterocycles. The van der Waals surface area contributed by atoms with Crippen molar-refractivity contribution in [2.75, 3.05) is 13.6 Å². The first kappa shape index (κ1) is 13.1. The molecule has 0 saturated heterocycles. The minimum atomic E-state index is -3.35. The number of aromatic nitrogens is 2. The second kappa shape index (κ2) is 5.37. The largest absolute Gasteiger partial charge is 0.338 e. The molecule has 8 heteroatoms. The predicted octanol–water partition coefficient (Wildman–Crippen LogP) is -0.595. The molecule has 7 nitrogen and oxygen atoms in total. The van der Waals surface area contributed by atoms with Gasteiger partial charge in [0.05, 0.1) is 11.8 Å². The van der Waals surface area contributed by atoms with Crippen LogP contribution in [0.3, 0.4) is 0 Å². The van der Waals surface area contributed by atoms with Crippen LogP contribution in [-0.4, -0.2) is 37.4 Å². The molecule has 0 aliphatic rings. The summed E-state index contributed by atoms with van der Waals surface area (Å²) >= 11 is 0. The van der Waals surface area contributed by atoms with Crippen LogP contribution in [0.5, 0.6) is 0 Å². The first-order valence-electron chi connectivity index (χ1n) is 4.88. The van der Waals surface area contributed by atoms with E-state index in [-0.39, 0.29) is 12.4 Å². The number of rotatable bonds is 6. The van der Waals surface area contributed by atoms with Crippen LogP contribution in [-0.2, 0) is 16.6 Å². The first-order valence-corrected chi connectivity index (χ1v) is 6.42. The number of nitrogens with one attached hydrogen (secondary N) is 2. The lowest BCUT2D eigenvalue weighted by molar-refractivity contribution is 0.371. The van der Waals surface area contributed by atoms with Gasteiger partial charge in [0.15, 0.2) is 5.82 Å². The van der Waals surface area contributed by atoms with Crippen LogP contribution in [0, 0.1) is 6.92 Å². The summed E-state index contributed by atoms with van der Waals surface area (Å²) in [5.41, 5.74) is 0. The van der Waals surface area contributed by atoms with E-state index in [1.807, 2.05) is 0 Å². The fourth-order valence-electron chi connectivity index (χ4n) is 1.11. The molecule has 1 aromatic rings. The zero-order valence-corrected chi connectivity index (χ0v) is 10.3. The highest BCUT2D eigenvalue weighted by Gasteiger charge is 2.20. The number of sulfonamides is 1. The average Bonchev–Trinajstić information content (AvgIpc) is 2.62. The summed E-state index contributed by atoms with van der Waals surface area (Å²) in [5.74, 6) is 0.746. The molecule has 2 N–H and O–H groups in total. The van der Waals surface area contributed by atoms with Crippen LogP contribution in [0.4, 0.5) is 0 Å². The van der Waals surface area contributed by atoms with Crippen LogP contribution >= 0.6 is 0 Å². The van der Waals surface area contributed by atoms with Gasteiger partial charge in [-0.05, 0) is 20.9 Å². The van der Waals surface area contributed by atoms with Gasteiger partial charge in [0.2, 0.25) is 15.9 Å². The first-order chi connectivity index (χ1) is 7.45. The molecule has 0 saturated carbocycles. The number of hydrogen-bond acceptors (Lipinski definition) is 6. The van der Waals surface area contributed by atoms with Crippen LogP contribution in [0.1, 0.15) is 18.6 Å². The SMILES string of the molecule is CNCC(C)S(=O)(=O)NCc1nc(C)no1. The molecule has 1 atom stereocenters. The van der Waals surface area contributed by atoms with Gasteiger partial charge in [0.25, 0.3) is 0 Å². The molecule has 0 amide bonds. The van der Waals surface area contributed by atoms with E-state index < -0.39 is 15.3 Å². The lowest BCUT2D eigenvalue weighted by Crippen LogP contribution is -2.37. The van der Waals surface area contributed by atoms with Gasteiger partial charge in [-0.25, -0.2) is 13.1 Å². The van der Waals surface area contributed by atoms with E-state index in [0.717, 1.165) is 0 Å². The highest BCUT2D eigenvalue weighted by molar-refractivity contribution is 7.90. The molecular formula is C8H16N4O3S. The molecule has 1 heterocycles. The topological polar surface area (TPSA) is 97.1 Å². The molecule has 1 unspecified atom stereocenters. The predicted molar refractivity (Wildman–Crippen MR) is 58.2 cm³/mol. The van der Waals surface area contributed by atoms with Gasteiger partial charge >= 0.3 is 0 Å². The van der Waals surface area contributed by atoms with Crippen molar-refractivity contribution in [2.45, 2.75) is 25.6 Å². The maximum atomic E-state index is 11.7. The Labute approximate surface area is 94.7 Å². The monoisotopic (exact) mass is 248 g/mol. The van der Waals surface area contributed by atoms with Gasteiger partial charge in [-0.1, -0.05) is 5.16 Å². The number of aryl methyl sites for hydroxylation is 1. The van der Waals surface area contributed by atoms with Crippen molar-refractivity contribution in [3.05, 3.63) is 11.7 Å². The lowest BCUT2D eigenvalue weighted by atomic mass is 10.5. The molecular weight excluding hydrogens is 232 g/mol. The van der Waals surface area contributed by atoms with Gasteiger partial charge in [0.1, 0.15) is 0 Å². The van der Waals surface area contributed by atoms with Gasteiger partial charge in [-0.15, -0.1) is 0 Å². The molecule has 92 valence electrons. The fraction of sp³-hybridized carbons (Fsp3) is 0.750. The van der Waals surface area contributed by atoms with Crippen molar-refractivity contribution in [1.29, 1.82) is 0 Å². The Morgan fingerprint density at radius 1 is 1.50 bits per heavy atom. The summed E-state index contributed by atoms with van der Waals surface area (Å²) in [7, 11) is -1.65. The molecule has 1 rings (SSSR count).